The molecule has 1 rings (SSSR count). The predicted octanol–water partition coefficient (Wildman–Crippen LogP) is 1.41. The van der Waals surface area contributed by atoms with Crippen molar-refractivity contribution in [3.05, 3.63) is 0 Å². The monoisotopic (exact) mass is 254 g/mol. The number of rotatable bonds is 5. The molecule has 6 heteroatoms. The van der Waals surface area contributed by atoms with Crippen LogP contribution in [0, 0.1) is 5.92 Å². The number of aliphatic hydroxyl groups excluding tert-OH is 1. The van der Waals surface area contributed by atoms with Gasteiger partial charge in [-0.15, -0.1) is 0 Å². The third-order valence-electron chi connectivity index (χ3n) is 3.53. The summed E-state index contributed by atoms with van der Waals surface area (Å²) in [5.41, 5.74) is 5.03. The lowest BCUT2D eigenvalue weighted by atomic mass is 9.75. The Hall–Kier alpha value is -0.330. The van der Waals surface area contributed by atoms with E-state index < -0.39 is 17.6 Å². The summed E-state index contributed by atoms with van der Waals surface area (Å²) in [6.45, 7) is 0.764. The lowest BCUT2D eigenvalue weighted by Gasteiger charge is -2.41. The van der Waals surface area contributed by atoms with E-state index in [4.69, 9.17) is 10.8 Å². The Kier molecular flexibility index (Phi) is 5.22. The topological polar surface area (TPSA) is 58.3 Å². The van der Waals surface area contributed by atoms with E-state index in [2.05, 4.69) is 5.32 Å². The van der Waals surface area contributed by atoms with Crippen molar-refractivity contribution >= 4 is 0 Å². The standard InChI is InChI=1S/C11H21F3N2O/c12-11(13,14)9-3-1-4-10(7-9,8-15)16-5-2-6-17/h9,16-17H,1-8,15H2. The molecule has 0 aromatic rings. The molecule has 0 spiro atoms. The quantitative estimate of drug-likeness (QED) is 0.650. The molecule has 0 saturated heterocycles. The van der Waals surface area contributed by atoms with Gasteiger partial charge in [-0.2, -0.15) is 13.2 Å². The molecular formula is C11H21F3N2O. The normalized spacial score (nSPS) is 30.5. The zero-order valence-electron chi connectivity index (χ0n) is 9.89. The maximum absolute atomic E-state index is 12.7. The zero-order chi connectivity index (χ0) is 12.9. The number of aliphatic hydroxyl groups is 1. The molecule has 0 aliphatic heterocycles. The van der Waals surface area contributed by atoms with Crippen molar-refractivity contribution in [3.63, 3.8) is 0 Å². The first-order valence-electron chi connectivity index (χ1n) is 6.06. The molecule has 0 aromatic heterocycles. The number of hydrogen-bond donors (Lipinski definition) is 3. The van der Waals surface area contributed by atoms with Crippen LogP contribution in [-0.2, 0) is 0 Å². The molecule has 0 aromatic carbocycles. The molecule has 0 radical (unpaired) electrons. The minimum absolute atomic E-state index is 0.0380. The summed E-state index contributed by atoms with van der Waals surface area (Å²) in [4.78, 5) is 0. The number of halogens is 3. The van der Waals surface area contributed by atoms with Gasteiger partial charge in [0.25, 0.3) is 0 Å². The highest BCUT2D eigenvalue weighted by Crippen LogP contribution is 2.41. The van der Waals surface area contributed by atoms with Gasteiger partial charge in [-0.1, -0.05) is 6.42 Å². The van der Waals surface area contributed by atoms with Crippen LogP contribution in [0.2, 0.25) is 0 Å². The van der Waals surface area contributed by atoms with Crippen LogP contribution >= 0.6 is 0 Å². The van der Waals surface area contributed by atoms with Crippen LogP contribution in [-0.4, -0.2) is 36.5 Å². The van der Waals surface area contributed by atoms with Gasteiger partial charge < -0.3 is 16.2 Å². The van der Waals surface area contributed by atoms with Crippen LogP contribution in [0.5, 0.6) is 0 Å². The number of nitrogens with two attached hydrogens (primary N) is 1. The molecule has 4 N–H and O–H groups in total. The highest BCUT2D eigenvalue weighted by molar-refractivity contribution is 4.96. The first-order chi connectivity index (χ1) is 7.93. The minimum Gasteiger partial charge on any atom is -0.396 e. The summed E-state index contributed by atoms with van der Waals surface area (Å²) in [6.07, 6.45) is -2.10. The average Bonchev–Trinajstić information content (AvgIpc) is 2.29. The number of hydrogen-bond acceptors (Lipinski definition) is 3. The van der Waals surface area contributed by atoms with Gasteiger partial charge in [0, 0.05) is 18.7 Å². The average molecular weight is 254 g/mol. The Labute approximate surface area is 99.6 Å². The van der Waals surface area contributed by atoms with Gasteiger partial charge >= 0.3 is 6.18 Å². The number of alkyl halides is 3. The van der Waals surface area contributed by atoms with Gasteiger partial charge in [0.2, 0.25) is 0 Å². The van der Waals surface area contributed by atoms with E-state index in [0.717, 1.165) is 0 Å². The van der Waals surface area contributed by atoms with Crippen LogP contribution in [0.1, 0.15) is 32.1 Å². The van der Waals surface area contributed by atoms with E-state index in [-0.39, 0.29) is 26.0 Å². The van der Waals surface area contributed by atoms with Crippen molar-refractivity contribution in [3.8, 4) is 0 Å². The molecule has 3 nitrogen and oxygen atoms in total. The van der Waals surface area contributed by atoms with Gasteiger partial charge in [-0.05, 0) is 32.2 Å². The van der Waals surface area contributed by atoms with Crippen LogP contribution in [0.25, 0.3) is 0 Å². The third kappa shape index (κ3) is 4.12. The Morgan fingerprint density at radius 1 is 1.41 bits per heavy atom. The summed E-state index contributed by atoms with van der Waals surface area (Å²) in [6, 6.07) is 0. The maximum atomic E-state index is 12.7. The second-order valence-corrected chi connectivity index (χ2v) is 4.82. The Balaban J connectivity index is 2.59. The Bertz CT molecular complexity index is 235. The molecule has 1 fully saturated rings. The Morgan fingerprint density at radius 2 is 2.12 bits per heavy atom. The van der Waals surface area contributed by atoms with E-state index in [1.54, 1.807) is 0 Å². The Morgan fingerprint density at radius 3 is 2.65 bits per heavy atom. The van der Waals surface area contributed by atoms with Gasteiger partial charge in [-0.25, -0.2) is 0 Å². The van der Waals surface area contributed by atoms with Crippen molar-refractivity contribution in [1.29, 1.82) is 0 Å². The molecule has 0 amide bonds. The largest absolute Gasteiger partial charge is 0.396 e. The molecule has 2 atom stereocenters. The SMILES string of the molecule is NCC1(NCCCO)CCCC(C(F)(F)F)C1. The molecule has 17 heavy (non-hydrogen) atoms. The summed E-state index contributed by atoms with van der Waals surface area (Å²) >= 11 is 0. The fraction of sp³-hybridized carbons (Fsp3) is 1.00. The fourth-order valence-electron chi connectivity index (χ4n) is 2.49. The second kappa shape index (κ2) is 6.02. The summed E-state index contributed by atoms with van der Waals surface area (Å²) < 4.78 is 38.1. The number of nitrogens with one attached hydrogen (secondary N) is 1. The highest BCUT2D eigenvalue weighted by atomic mass is 19.4. The van der Waals surface area contributed by atoms with Crippen molar-refractivity contribution in [2.24, 2.45) is 11.7 Å². The summed E-state index contributed by atoms with van der Waals surface area (Å²) in [5, 5.41) is 11.8. The van der Waals surface area contributed by atoms with E-state index in [1.807, 2.05) is 0 Å². The van der Waals surface area contributed by atoms with Gasteiger partial charge in [0.05, 0.1) is 5.92 Å². The summed E-state index contributed by atoms with van der Waals surface area (Å²) in [5.74, 6) is -1.25. The third-order valence-corrected chi connectivity index (χ3v) is 3.53. The minimum atomic E-state index is -4.13. The first kappa shape index (κ1) is 14.7. The van der Waals surface area contributed by atoms with Crippen LogP contribution in [0.4, 0.5) is 13.2 Å². The van der Waals surface area contributed by atoms with Crippen LogP contribution < -0.4 is 11.1 Å². The van der Waals surface area contributed by atoms with Crippen molar-refractivity contribution < 1.29 is 18.3 Å². The molecular weight excluding hydrogens is 233 g/mol. The van der Waals surface area contributed by atoms with Crippen molar-refractivity contribution in [2.45, 2.75) is 43.8 Å². The molecule has 1 saturated carbocycles. The first-order valence-corrected chi connectivity index (χ1v) is 6.06. The molecule has 0 heterocycles. The lowest BCUT2D eigenvalue weighted by Crippen LogP contribution is -2.55. The van der Waals surface area contributed by atoms with Crippen LogP contribution in [0.3, 0.4) is 0 Å². The zero-order valence-corrected chi connectivity index (χ0v) is 9.89. The van der Waals surface area contributed by atoms with Gasteiger partial charge in [0.15, 0.2) is 0 Å². The second-order valence-electron chi connectivity index (χ2n) is 4.82. The smallest absolute Gasteiger partial charge is 0.391 e. The van der Waals surface area contributed by atoms with Gasteiger partial charge in [-0.3, -0.25) is 0 Å². The van der Waals surface area contributed by atoms with Gasteiger partial charge in [0.1, 0.15) is 0 Å². The lowest BCUT2D eigenvalue weighted by molar-refractivity contribution is -0.188. The molecule has 102 valence electrons. The highest BCUT2D eigenvalue weighted by Gasteiger charge is 2.46. The van der Waals surface area contributed by atoms with E-state index in [0.29, 0.717) is 25.8 Å². The van der Waals surface area contributed by atoms with Crippen molar-refractivity contribution in [2.75, 3.05) is 19.7 Å². The van der Waals surface area contributed by atoms with Crippen LogP contribution in [0.15, 0.2) is 0 Å². The molecule has 2 unspecified atom stereocenters. The molecule has 1 aliphatic rings. The summed E-state index contributed by atoms with van der Waals surface area (Å²) in [7, 11) is 0. The maximum Gasteiger partial charge on any atom is 0.391 e. The molecule has 0 bridgehead atoms. The fourth-order valence-corrected chi connectivity index (χ4v) is 2.49. The van der Waals surface area contributed by atoms with Crippen molar-refractivity contribution in [1.82, 2.24) is 5.32 Å². The molecule has 1 aliphatic carbocycles. The van der Waals surface area contributed by atoms with E-state index in [1.165, 1.54) is 0 Å². The van der Waals surface area contributed by atoms with E-state index in [9.17, 15) is 13.2 Å². The van der Waals surface area contributed by atoms with E-state index >= 15 is 0 Å². The predicted molar refractivity (Wildman–Crippen MR) is 59.5 cm³/mol.